The van der Waals surface area contributed by atoms with Gasteiger partial charge in [0.15, 0.2) is 0 Å². The first-order chi connectivity index (χ1) is 10.1. The van der Waals surface area contributed by atoms with E-state index in [1.807, 2.05) is 57.5 Å². The standard InChI is InChI=1S/C10H8O.C5H14NO4P/c11-10-7-3-5-8-4-1-2-6-9(8)10;1-6(2,3)4-5-10-11(7,8)9/h1-7,11H;4-5H2,1-3H3,(H-,7,8,9). The van der Waals surface area contributed by atoms with Gasteiger partial charge in [-0.1, -0.05) is 36.4 Å². The lowest BCUT2D eigenvalue weighted by Crippen LogP contribution is -2.37. The van der Waals surface area contributed by atoms with Crippen molar-refractivity contribution in [3.05, 3.63) is 42.5 Å². The monoisotopic (exact) mass is 327 g/mol. The number of phenolic OH excluding ortho intramolecular Hbond substituents is 1. The van der Waals surface area contributed by atoms with Crippen LogP contribution in [0.2, 0.25) is 0 Å². The van der Waals surface area contributed by atoms with Crippen molar-refractivity contribution in [1.29, 1.82) is 0 Å². The number of fused-ring (bicyclic) bond motifs is 1. The summed E-state index contributed by atoms with van der Waals surface area (Å²) in [6, 6.07) is 13.3. The molecule has 0 radical (unpaired) electrons. The molecule has 0 saturated heterocycles. The molecule has 0 fully saturated rings. The molecule has 0 bridgehead atoms. The predicted octanol–water partition coefficient (Wildman–Crippen LogP) is 1.72. The summed E-state index contributed by atoms with van der Waals surface area (Å²) in [6.07, 6.45) is 0. The number of likely N-dealkylation sites (N-methyl/N-ethyl adjacent to an activating group) is 1. The van der Waals surface area contributed by atoms with Crippen molar-refractivity contribution in [3.8, 4) is 5.75 Å². The lowest BCUT2D eigenvalue weighted by atomic mass is 10.1. The minimum atomic E-state index is -4.51. The molecule has 6 nitrogen and oxygen atoms in total. The van der Waals surface area contributed by atoms with Gasteiger partial charge in [-0.15, -0.1) is 0 Å². The van der Waals surface area contributed by atoms with Gasteiger partial charge in [-0.3, -0.25) is 4.57 Å². The first-order valence-electron chi connectivity index (χ1n) is 6.74. The van der Waals surface area contributed by atoms with Gasteiger partial charge in [-0.05, 0) is 11.5 Å². The molecular formula is C15H22NO5P. The second-order valence-corrected chi connectivity index (χ2v) is 7.01. The summed E-state index contributed by atoms with van der Waals surface area (Å²) in [7, 11) is 1.19. The molecule has 0 aliphatic rings. The minimum absolute atomic E-state index is 0.0147. The zero-order valence-electron chi connectivity index (χ0n) is 13.0. The van der Waals surface area contributed by atoms with Gasteiger partial charge in [0, 0.05) is 5.39 Å². The van der Waals surface area contributed by atoms with Crippen LogP contribution in [0.5, 0.6) is 5.75 Å². The number of hydrogen-bond donors (Lipinski definition) is 2. The summed E-state index contributed by atoms with van der Waals surface area (Å²) in [5.41, 5.74) is 0. The molecule has 0 aromatic heterocycles. The molecule has 1 unspecified atom stereocenters. The van der Waals surface area contributed by atoms with Crippen molar-refractivity contribution >= 4 is 18.6 Å². The van der Waals surface area contributed by atoms with Crippen molar-refractivity contribution in [1.82, 2.24) is 0 Å². The van der Waals surface area contributed by atoms with Crippen molar-refractivity contribution in [2.24, 2.45) is 0 Å². The van der Waals surface area contributed by atoms with Gasteiger partial charge in [0.1, 0.15) is 18.9 Å². The van der Waals surface area contributed by atoms with E-state index in [1.54, 1.807) is 6.07 Å². The molecule has 0 aliphatic heterocycles. The Kier molecular flexibility index (Phi) is 6.53. The molecule has 2 rings (SSSR count). The number of aromatic hydroxyl groups is 1. The van der Waals surface area contributed by atoms with E-state index >= 15 is 0 Å². The van der Waals surface area contributed by atoms with Gasteiger partial charge in [0.2, 0.25) is 0 Å². The van der Waals surface area contributed by atoms with Gasteiger partial charge in [0.05, 0.1) is 21.1 Å². The Morgan fingerprint density at radius 2 is 1.73 bits per heavy atom. The number of nitrogens with zero attached hydrogens (tertiary/aromatic N) is 1. The fourth-order valence-corrected chi connectivity index (χ4v) is 1.95. The highest BCUT2D eigenvalue weighted by atomic mass is 31.2. The van der Waals surface area contributed by atoms with Crippen LogP contribution in [0.15, 0.2) is 42.5 Å². The zero-order chi connectivity index (χ0) is 16.8. The number of phosphoric ester groups is 1. The number of rotatable bonds is 4. The van der Waals surface area contributed by atoms with E-state index in [0.717, 1.165) is 10.8 Å². The second-order valence-electron chi connectivity index (χ2n) is 5.81. The molecule has 22 heavy (non-hydrogen) atoms. The molecular weight excluding hydrogens is 305 g/mol. The summed E-state index contributed by atoms with van der Waals surface area (Å²) in [5.74, 6) is 0.350. The molecule has 2 N–H and O–H groups in total. The van der Waals surface area contributed by atoms with Gasteiger partial charge in [0.25, 0.3) is 7.82 Å². The summed E-state index contributed by atoms with van der Waals surface area (Å²) in [6.45, 7) is 0.549. The third kappa shape index (κ3) is 7.54. The highest BCUT2D eigenvalue weighted by molar-refractivity contribution is 7.44. The van der Waals surface area contributed by atoms with Gasteiger partial charge in [-0.2, -0.15) is 0 Å². The number of phenols is 1. The van der Waals surface area contributed by atoms with Crippen LogP contribution in [-0.2, 0) is 9.09 Å². The molecule has 2 aromatic carbocycles. The Labute approximate surface area is 130 Å². The van der Waals surface area contributed by atoms with Gasteiger partial charge in [-0.25, -0.2) is 0 Å². The predicted molar refractivity (Wildman–Crippen MR) is 84.3 cm³/mol. The summed E-state index contributed by atoms with van der Waals surface area (Å²) < 4.78 is 14.8. The van der Waals surface area contributed by atoms with Crippen LogP contribution in [0.1, 0.15) is 0 Å². The van der Waals surface area contributed by atoms with Crippen molar-refractivity contribution in [2.75, 3.05) is 34.3 Å². The maximum Gasteiger partial charge on any atom is 0.265 e. The van der Waals surface area contributed by atoms with Crippen LogP contribution in [0.3, 0.4) is 0 Å². The SMILES string of the molecule is C[N+](C)(C)CCOP(=O)([O-])O.Oc1cccc2ccccc12. The average Bonchev–Trinajstić information content (AvgIpc) is 2.37. The zero-order valence-corrected chi connectivity index (χ0v) is 13.9. The molecule has 0 spiro atoms. The normalized spacial score (nSPS) is 14.0. The molecule has 0 saturated carbocycles. The van der Waals surface area contributed by atoms with Gasteiger partial charge < -0.3 is 23.9 Å². The van der Waals surface area contributed by atoms with Crippen LogP contribution >= 0.6 is 7.82 Å². The second kappa shape index (κ2) is 7.72. The topological polar surface area (TPSA) is 89.8 Å². The highest BCUT2D eigenvalue weighted by Crippen LogP contribution is 2.29. The van der Waals surface area contributed by atoms with Crippen LogP contribution in [0, 0.1) is 0 Å². The number of phosphoric acid groups is 1. The fraction of sp³-hybridized carbons (Fsp3) is 0.333. The largest absolute Gasteiger partial charge is 0.756 e. The summed E-state index contributed by atoms with van der Waals surface area (Å²) in [5, 5.41) is 11.4. The maximum atomic E-state index is 10.1. The molecule has 7 heteroatoms. The summed E-state index contributed by atoms with van der Waals surface area (Å²) in [4.78, 5) is 18.3. The van der Waals surface area contributed by atoms with E-state index in [9.17, 15) is 14.6 Å². The fourth-order valence-electron chi connectivity index (χ4n) is 1.64. The minimum Gasteiger partial charge on any atom is -0.756 e. The number of quaternary nitrogens is 1. The Bertz CT molecular complexity index is 642. The van der Waals surface area contributed by atoms with Crippen molar-refractivity contribution in [3.63, 3.8) is 0 Å². The number of benzene rings is 2. The van der Waals surface area contributed by atoms with E-state index < -0.39 is 7.82 Å². The molecule has 0 heterocycles. The highest BCUT2D eigenvalue weighted by Gasteiger charge is 2.08. The van der Waals surface area contributed by atoms with E-state index in [4.69, 9.17) is 4.89 Å². The Morgan fingerprint density at radius 3 is 2.27 bits per heavy atom. The van der Waals surface area contributed by atoms with Gasteiger partial charge >= 0.3 is 0 Å². The third-order valence-corrected chi connectivity index (χ3v) is 3.29. The lowest BCUT2D eigenvalue weighted by Gasteiger charge is -2.25. The molecule has 0 aliphatic carbocycles. The Balaban J connectivity index is 0.000000220. The molecule has 0 amide bonds. The molecule has 122 valence electrons. The van der Waals surface area contributed by atoms with Crippen molar-refractivity contribution < 1.29 is 28.5 Å². The summed E-state index contributed by atoms with van der Waals surface area (Å²) >= 11 is 0. The average molecular weight is 327 g/mol. The molecule has 2 aromatic rings. The van der Waals surface area contributed by atoms with Crippen LogP contribution in [0.4, 0.5) is 0 Å². The first-order valence-corrected chi connectivity index (χ1v) is 8.23. The van der Waals surface area contributed by atoms with Crippen molar-refractivity contribution in [2.45, 2.75) is 0 Å². The molecule has 1 atom stereocenters. The van der Waals surface area contributed by atoms with Crippen LogP contribution < -0.4 is 4.89 Å². The van der Waals surface area contributed by atoms with E-state index in [-0.39, 0.29) is 6.61 Å². The van der Waals surface area contributed by atoms with E-state index in [0.29, 0.717) is 16.8 Å². The third-order valence-electron chi connectivity index (χ3n) is 2.78. The first kappa shape index (κ1) is 18.6. The maximum absolute atomic E-state index is 10.1. The quantitative estimate of drug-likeness (QED) is 0.659. The Hall–Kier alpha value is -1.43. The van der Waals surface area contributed by atoms with E-state index in [1.165, 1.54) is 0 Å². The smallest absolute Gasteiger partial charge is 0.265 e. The lowest BCUT2D eigenvalue weighted by molar-refractivity contribution is -0.870. The number of hydrogen-bond acceptors (Lipinski definition) is 4. The van der Waals surface area contributed by atoms with E-state index in [2.05, 4.69) is 4.52 Å². The van der Waals surface area contributed by atoms with Crippen LogP contribution in [0.25, 0.3) is 10.8 Å². The Morgan fingerprint density at radius 1 is 1.14 bits per heavy atom. The van der Waals surface area contributed by atoms with Crippen LogP contribution in [-0.4, -0.2) is 48.8 Å².